The van der Waals surface area contributed by atoms with Gasteiger partial charge in [0.25, 0.3) is 0 Å². The van der Waals surface area contributed by atoms with Crippen molar-refractivity contribution in [1.82, 2.24) is 4.98 Å². The summed E-state index contributed by atoms with van der Waals surface area (Å²) < 4.78 is 19.1. The molecule has 0 saturated carbocycles. The number of H-pyrrole nitrogens is 1. The van der Waals surface area contributed by atoms with Gasteiger partial charge in [-0.3, -0.25) is 0 Å². The van der Waals surface area contributed by atoms with Crippen LogP contribution in [0.5, 0.6) is 5.75 Å². The van der Waals surface area contributed by atoms with Gasteiger partial charge in [-0.2, -0.15) is 0 Å². The molecule has 1 N–H and O–H groups in total. The molecule has 0 fully saturated rings. The number of nitrogens with one attached hydrogen (secondary N) is 1. The average molecular weight is 325 g/mol. The van der Waals surface area contributed by atoms with Crippen molar-refractivity contribution in [1.29, 1.82) is 0 Å². The van der Waals surface area contributed by atoms with Crippen LogP contribution in [0.2, 0.25) is 0 Å². The van der Waals surface area contributed by atoms with Gasteiger partial charge in [-0.05, 0) is 52.8 Å². The standard InChI is InChI=1S/C21H24FNO/c1-13(2)14-6-8-18-15(10-14)11-20(23-18)21(3,4)16-7-9-19(24-5)17(22)12-16/h6-13,23H,1-5H3. The molecule has 2 nitrogen and oxygen atoms in total. The molecule has 1 heterocycles. The second kappa shape index (κ2) is 5.97. The fraction of sp³-hybridized carbons (Fsp3) is 0.333. The zero-order chi connectivity index (χ0) is 17.5. The highest BCUT2D eigenvalue weighted by molar-refractivity contribution is 5.82. The van der Waals surface area contributed by atoms with Gasteiger partial charge in [-0.25, -0.2) is 4.39 Å². The van der Waals surface area contributed by atoms with Crippen molar-refractivity contribution in [2.75, 3.05) is 7.11 Å². The molecule has 3 aromatic rings. The third kappa shape index (κ3) is 2.79. The zero-order valence-corrected chi connectivity index (χ0v) is 14.9. The Morgan fingerprint density at radius 2 is 1.79 bits per heavy atom. The second-order valence-electron chi connectivity index (χ2n) is 7.16. The summed E-state index contributed by atoms with van der Waals surface area (Å²) in [5.74, 6) is 0.436. The maximum atomic E-state index is 14.1. The normalized spacial score (nSPS) is 12.1. The van der Waals surface area contributed by atoms with Crippen molar-refractivity contribution in [3.8, 4) is 5.75 Å². The Morgan fingerprint density at radius 3 is 2.42 bits per heavy atom. The lowest BCUT2D eigenvalue weighted by Gasteiger charge is -2.24. The first-order valence-corrected chi connectivity index (χ1v) is 8.30. The van der Waals surface area contributed by atoms with E-state index in [1.165, 1.54) is 18.1 Å². The van der Waals surface area contributed by atoms with Gasteiger partial charge in [-0.1, -0.05) is 39.8 Å². The van der Waals surface area contributed by atoms with Crippen LogP contribution in [0.1, 0.15) is 50.4 Å². The number of benzene rings is 2. The monoisotopic (exact) mass is 325 g/mol. The van der Waals surface area contributed by atoms with E-state index in [9.17, 15) is 4.39 Å². The zero-order valence-electron chi connectivity index (χ0n) is 14.9. The highest BCUT2D eigenvalue weighted by Gasteiger charge is 2.26. The van der Waals surface area contributed by atoms with Gasteiger partial charge in [0.05, 0.1) is 7.11 Å². The Morgan fingerprint density at radius 1 is 1.04 bits per heavy atom. The number of aromatic amines is 1. The Labute approximate surface area is 142 Å². The summed E-state index contributed by atoms with van der Waals surface area (Å²) in [5.41, 5.74) is 4.08. The van der Waals surface area contributed by atoms with Crippen molar-refractivity contribution in [3.05, 3.63) is 65.1 Å². The fourth-order valence-electron chi connectivity index (χ4n) is 3.06. The molecule has 0 spiro atoms. The summed E-state index contributed by atoms with van der Waals surface area (Å²) in [7, 11) is 1.48. The number of halogens is 1. The minimum Gasteiger partial charge on any atom is -0.494 e. The Bertz CT molecular complexity index is 877. The summed E-state index contributed by atoms with van der Waals surface area (Å²) in [6, 6.07) is 13.9. The molecule has 126 valence electrons. The molecule has 2 aromatic carbocycles. The molecule has 0 bridgehead atoms. The number of hydrogen-bond acceptors (Lipinski definition) is 1. The molecular weight excluding hydrogens is 301 g/mol. The van der Waals surface area contributed by atoms with E-state index < -0.39 is 0 Å². The second-order valence-corrected chi connectivity index (χ2v) is 7.16. The number of methoxy groups -OCH3 is 1. The summed E-state index contributed by atoms with van der Waals surface area (Å²) >= 11 is 0. The maximum Gasteiger partial charge on any atom is 0.165 e. The maximum absolute atomic E-state index is 14.1. The largest absolute Gasteiger partial charge is 0.494 e. The van der Waals surface area contributed by atoms with Gasteiger partial charge in [-0.15, -0.1) is 0 Å². The van der Waals surface area contributed by atoms with Crippen molar-refractivity contribution in [2.24, 2.45) is 0 Å². The summed E-state index contributed by atoms with van der Waals surface area (Å²) in [4.78, 5) is 3.49. The predicted octanol–water partition coefficient (Wildman–Crippen LogP) is 5.76. The molecule has 0 aliphatic heterocycles. The predicted molar refractivity (Wildman–Crippen MR) is 97.5 cm³/mol. The molecule has 24 heavy (non-hydrogen) atoms. The lowest BCUT2D eigenvalue weighted by molar-refractivity contribution is 0.385. The Balaban J connectivity index is 2.05. The molecule has 3 rings (SSSR count). The number of rotatable bonds is 4. The van der Waals surface area contributed by atoms with Gasteiger partial charge in [0.1, 0.15) is 0 Å². The molecule has 1 aromatic heterocycles. The molecule has 0 aliphatic carbocycles. The number of aromatic nitrogens is 1. The lowest BCUT2D eigenvalue weighted by Crippen LogP contribution is -2.19. The van der Waals surface area contributed by atoms with Gasteiger partial charge >= 0.3 is 0 Å². The minimum absolute atomic E-state index is 0.271. The fourth-order valence-corrected chi connectivity index (χ4v) is 3.06. The van der Waals surface area contributed by atoms with Crippen LogP contribution in [-0.4, -0.2) is 12.1 Å². The molecule has 0 atom stereocenters. The molecule has 0 unspecified atom stereocenters. The van der Waals surface area contributed by atoms with Crippen LogP contribution in [0, 0.1) is 5.82 Å². The average Bonchev–Trinajstić information content (AvgIpc) is 2.98. The SMILES string of the molecule is COc1ccc(C(C)(C)c2cc3cc(C(C)C)ccc3[nH]2)cc1F. The van der Waals surface area contributed by atoms with Gasteiger partial charge in [0.15, 0.2) is 11.6 Å². The van der Waals surface area contributed by atoms with E-state index >= 15 is 0 Å². The number of fused-ring (bicyclic) bond motifs is 1. The third-order valence-corrected chi connectivity index (χ3v) is 4.86. The Kier molecular flexibility index (Phi) is 4.12. The van der Waals surface area contributed by atoms with Crippen LogP contribution >= 0.6 is 0 Å². The quantitative estimate of drug-likeness (QED) is 0.647. The van der Waals surface area contributed by atoms with Crippen molar-refractivity contribution >= 4 is 10.9 Å². The van der Waals surface area contributed by atoms with E-state index in [2.05, 4.69) is 56.9 Å². The summed E-state index contributed by atoms with van der Waals surface area (Å²) in [6.45, 7) is 8.59. The van der Waals surface area contributed by atoms with E-state index in [4.69, 9.17) is 4.74 Å². The first kappa shape index (κ1) is 16.6. The van der Waals surface area contributed by atoms with E-state index in [0.717, 1.165) is 16.8 Å². The summed E-state index contributed by atoms with van der Waals surface area (Å²) in [6.07, 6.45) is 0. The van der Waals surface area contributed by atoms with Crippen LogP contribution in [0.3, 0.4) is 0 Å². The van der Waals surface area contributed by atoms with Gasteiger partial charge in [0.2, 0.25) is 0 Å². The molecule has 0 aliphatic rings. The van der Waals surface area contributed by atoms with Crippen molar-refractivity contribution < 1.29 is 9.13 Å². The van der Waals surface area contributed by atoms with E-state index in [0.29, 0.717) is 5.92 Å². The third-order valence-electron chi connectivity index (χ3n) is 4.86. The number of hydrogen-bond donors (Lipinski definition) is 1. The van der Waals surface area contributed by atoms with E-state index in [1.807, 2.05) is 6.07 Å². The molecule has 0 radical (unpaired) electrons. The summed E-state index contributed by atoms with van der Waals surface area (Å²) in [5, 5.41) is 1.19. The smallest absolute Gasteiger partial charge is 0.165 e. The number of ether oxygens (including phenoxy) is 1. The van der Waals surface area contributed by atoms with Crippen LogP contribution in [0.4, 0.5) is 4.39 Å². The molecule has 0 saturated heterocycles. The molecule has 3 heteroatoms. The van der Waals surface area contributed by atoms with E-state index in [-0.39, 0.29) is 17.0 Å². The van der Waals surface area contributed by atoms with E-state index in [1.54, 1.807) is 12.1 Å². The first-order valence-electron chi connectivity index (χ1n) is 8.30. The minimum atomic E-state index is -0.332. The molecular formula is C21H24FNO. The van der Waals surface area contributed by atoms with Crippen LogP contribution in [-0.2, 0) is 5.41 Å². The topological polar surface area (TPSA) is 25.0 Å². The van der Waals surface area contributed by atoms with Crippen molar-refractivity contribution in [2.45, 2.75) is 39.0 Å². The van der Waals surface area contributed by atoms with Gasteiger partial charge < -0.3 is 9.72 Å². The van der Waals surface area contributed by atoms with Gasteiger partial charge in [0, 0.05) is 16.6 Å². The highest BCUT2D eigenvalue weighted by Crippen LogP contribution is 2.35. The molecule has 0 amide bonds. The highest BCUT2D eigenvalue weighted by atomic mass is 19.1. The van der Waals surface area contributed by atoms with Crippen LogP contribution < -0.4 is 4.74 Å². The van der Waals surface area contributed by atoms with Crippen molar-refractivity contribution in [3.63, 3.8) is 0 Å². The Hall–Kier alpha value is -2.29. The van der Waals surface area contributed by atoms with Crippen LogP contribution in [0.25, 0.3) is 10.9 Å². The van der Waals surface area contributed by atoms with Crippen LogP contribution in [0.15, 0.2) is 42.5 Å². The first-order chi connectivity index (χ1) is 11.3. The lowest BCUT2D eigenvalue weighted by atomic mass is 9.81.